The Morgan fingerprint density at radius 3 is 2.88 bits per heavy atom. The third-order valence-corrected chi connectivity index (χ3v) is 4.67. The van der Waals surface area contributed by atoms with E-state index in [0.29, 0.717) is 12.5 Å². The van der Waals surface area contributed by atoms with E-state index >= 15 is 0 Å². The smallest absolute Gasteiger partial charge is 0.261 e. The number of hydrogen-bond acceptors (Lipinski definition) is 3. The molecular formula is C13H20N2OS. The third kappa shape index (κ3) is 3.07. The fraction of sp³-hybridized carbons (Fsp3) is 0.615. The molecule has 1 aromatic heterocycles. The summed E-state index contributed by atoms with van der Waals surface area (Å²) in [5.41, 5.74) is 7.17. The van der Waals surface area contributed by atoms with Gasteiger partial charge in [-0.1, -0.05) is 6.92 Å². The van der Waals surface area contributed by atoms with Gasteiger partial charge in [0.1, 0.15) is 0 Å². The highest BCUT2D eigenvalue weighted by Crippen LogP contribution is 2.31. The van der Waals surface area contributed by atoms with Crippen LogP contribution in [0.15, 0.2) is 6.07 Å². The molecule has 4 heteroatoms. The van der Waals surface area contributed by atoms with Crippen LogP contribution in [0.4, 0.5) is 0 Å². The molecule has 0 saturated heterocycles. The molecule has 0 aliphatic heterocycles. The second-order valence-electron chi connectivity index (χ2n) is 4.78. The van der Waals surface area contributed by atoms with Gasteiger partial charge in [0, 0.05) is 17.5 Å². The topological polar surface area (TPSA) is 55.1 Å². The van der Waals surface area contributed by atoms with Gasteiger partial charge >= 0.3 is 0 Å². The summed E-state index contributed by atoms with van der Waals surface area (Å²) in [4.78, 5) is 14.0. The van der Waals surface area contributed by atoms with Gasteiger partial charge in [0.2, 0.25) is 0 Å². The minimum absolute atomic E-state index is 0.0221. The minimum atomic E-state index is 0.0221. The largest absolute Gasteiger partial charge is 0.350 e. The van der Waals surface area contributed by atoms with Crippen molar-refractivity contribution in [3.05, 3.63) is 21.4 Å². The zero-order valence-corrected chi connectivity index (χ0v) is 11.3. The third-order valence-electron chi connectivity index (χ3n) is 3.29. The summed E-state index contributed by atoms with van der Waals surface area (Å²) in [5, 5.41) is 2.93. The number of thiophene rings is 1. The van der Waals surface area contributed by atoms with Crippen molar-refractivity contribution in [2.75, 3.05) is 6.54 Å². The van der Waals surface area contributed by atoms with Crippen molar-refractivity contribution < 1.29 is 4.79 Å². The van der Waals surface area contributed by atoms with Crippen LogP contribution in [0, 0.1) is 12.8 Å². The lowest BCUT2D eigenvalue weighted by Crippen LogP contribution is -2.38. The molecule has 1 saturated carbocycles. The molecule has 0 aromatic carbocycles. The molecule has 94 valence electrons. The first-order valence-corrected chi connectivity index (χ1v) is 7.06. The maximum absolute atomic E-state index is 11.9. The highest BCUT2D eigenvalue weighted by Gasteiger charge is 2.28. The molecule has 1 aliphatic carbocycles. The Kier molecular flexibility index (Phi) is 3.84. The Hall–Kier alpha value is -0.870. The Labute approximate surface area is 106 Å². The van der Waals surface area contributed by atoms with Crippen molar-refractivity contribution in [2.24, 2.45) is 11.7 Å². The Morgan fingerprint density at radius 2 is 2.35 bits per heavy atom. The van der Waals surface area contributed by atoms with Crippen LogP contribution in [-0.2, 0) is 6.42 Å². The van der Waals surface area contributed by atoms with E-state index in [2.05, 4.69) is 19.2 Å². The maximum atomic E-state index is 11.9. The Morgan fingerprint density at radius 1 is 1.65 bits per heavy atom. The molecule has 1 fully saturated rings. The van der Waals surface area contributed by atoms with Crippen molar-refractivity contribution in [1.82, 2.24) is 5.32 Å². The second kappa shape index (κ2) is 5.19. The molecule has 1 aromatic rings. The van der Waals surface area contributed by atoms with Gasteiger partial charge in [0.25, 0.3) is 5.91 Å². The first-order chi connectivity index (χ1) is 8.11. The van der Waals surface area contributed by atoms with Gasteiger partial charge in [-0.2, -0.15) is 0 Å². The van der Waals surface area contributed by atoms with Gasteiger partial charge < -0.3 is 11.1 Å². The summed E-state index contributed by atoms with van der Waals surface area (Å²) in [6.07, 6.45) is 3.43. The number of hydrogen-bond donors (Lipinski definition) is 2. The van der Waals surface area contributed by atoms with E-state index in [-0.39, 0.29) is 11.9 Å². The van der Waals surface area contributed by atoms with Crippen molar-refractivity contribution in [1.29, 1.82) is 0 Å². The van der Waals surface area contributed by atoms with E-state index in [1.54, 1.807) is 11.3 Å². The summed E-state index contributed by atoms with van der Waals surface area (Å²) in [6.45, 7) is 4.77. The number of carbonyl (C=O) groups excluding carboxylic acids is 1. The molecule has 0 spiro atoms. The molecule has 1 amide bonds. The minimum Gasteiger partial charge on any atom is -0.350 e. The predicted octanol–water partition coefficient (Wildman–Crippen LogP) is 2.09. The van der Waals surface area contributed by atoms with Gasteiger partial charge in [0.05, 0.1) is 4.88 Å². The van der Waals surface area contributed by atoms with E-state index in [0.717, 1.165) is 11.3 Å². The van der Waals surface area contributed by atoms with Crippen molar-refractivity contribution in [2.45, 2.75) is 39.2 Å². The zero-order chi connectivity index (χ0) is 12.4. The van der Waals surface area contributed by atoms with Crippen molar-refractivity contribution in [3.8, 4) is 0 Å². The molecule has 2 rings (SSSR count). The monoisotopic (exact) mass is 252 g/mol. The summed E-state index contributed by atoms with van der Waals surface area (Å²) < 4.78 is 0. The van der Waals surface area contributed by atoms with Crippen LogP contribution in [0.2, 0.25) is 0 Å². The summed E-state index contributed by atoms with van der Waals surface area (Å²) in [6, 6.07) is 2.10. The average molecular weight is 252 g/mol. The van der Waals surface area contributed by atoms with Gasteiger partial charge in [-0.25, -0.2) is 0 Å². The Balaban J connectivity index is 1.89. The molecule has 0 radical (unpaired) electrons. The van der Waals surface area contributed by atoms with Crippen LogP contribution in [0.1, 0.15) is 39.9 Å². The van der Waals surface area contributed by atoms with Crippen LogP contribution in [0.25, 0.3) is 0 Å². The normalized spacial score (nSPS) is 16.9. The van der Waals surface area contributed by atoms with Crippen LogP contribution in [-0.4, -0.2) is 18.5 Å². The highest BCUT2D eigenvalue weighted by molar-refractivity contribution is 7.14. The average Bonchev–Trinajstić information content (AvgIpc) is 3.09. The standard InChI is InChI=1S/C13H20N2OS/c1-3-11-8(2)6-12(17-11)13(16)15-7-10(14)9-4-5-9/h6,9-10H,3-5,7,14H2,1-2H3,(H,15,16). The van der Waals surface area contributed by atoms with Gasteiger partial charge in [-0.05, 0) is 43.7 Å². The maximum Gasteiger partial charge on any atom is 0.261 e. The van der Waals surface area contributed by atoms with Crippen LogP contribution >= 0.6 is 11.3 Å². The number of aryl methyl sites for hydroxylation is 2. The SMILES string of the molecule is CCc1sc(C(=O)NCC(N)C2CC2)cc1C. The molecule has 3 nitrogen and oxygen atoms in total. The van der Waals surface area contributed by atoms with Gasteiger partial charge in [-0.15, -0.1) is 11.3 Å². The number of nitrogens with one attached hydrogen (secondary N) is 1. The summed E-state index contributed by atoms with van der Waals surface area (Å²) in [5.74, 6) is 0.653. The molecular weight excluding hydrogens is 232 g/mol. The summed E-state index contributed by atoms with van der Waals surface area (Å²) >= 11 is 1.59. The quantitative estimate of drug-likeness (QED) is 0.843. The van der Waals surface area contributed by atoms with E-state index in [4.69, 9.17) is 5.73 Å². The fourth-order valence-corrected chi connectivity index (χ4v) is 3.00. The lowest BCUT2D eigenvalue weighted by Gasteiger charge is -2.10. The van der Waals surface area contributed by atoms with Crippen LogP contribution < -0.4 is 11.1 Å². The molecule has 1 aliphatic rings. The number of carbonyl (C=O) groups is 1. The van der Waals surface area contributed by atoms with E-state index in [1.807, 2.05) is 6.07 Å². The van der Waals surface area contributed by atoms with Crippen LogP contribution in [0.3, 0.4) is 0 Å². The molecule has 0 bridgehead atoms. The zero-order valence-electron chi connectivity index (χ0n) is 10.5. The van der Waals surface area contributed by atoms with Gasteiger partial charge in [0.15, 0.2) is 0 Å². The summed E-state index contributed by atoms with van der Waals surface area (Å²) in [7, 11) is 0. The number of amides is 1. The second-order valence-corrected chi connectivity index (χ2v) is 5.92. The molecule has 1 heterocycles. The molecule has 17 heavy (non-hydrogen) atoms. The van der Waals surface area contributed by atoms with Crippen molar-refractivity contribution in [3.63, 3.8) is 0 Å². The van der Waals surface area contributed by atoms with E-state index < -0.39 is 0 Å². The van der Waals surface area contributed by atoms with Crippen molar-refractivity contribution >= 4 is 17.2 Å². The lowest BCUT2D eigenvalue weighted by atomic mass is 10.2. The molecule has 3 N–H and O–H groups in total. The molecule has 1 atom stereocenters. The first-order valence-electron chi connectivity index (χ1n) is 6.25. The number of rotatable bonds is 5. The van der Waals surface area contributed by atoms with E-state index in [9.17, 15) is 4.79 Å². The Bertz CT molecular complexity index is 410. The number of nitrogens with two attached hydrogens (primary N) is 1. The molecule has 1 unspecified atom stereocenters. The fourth-order valence-electron chi connectivity index (χ4n) is 1.97. The van der Waals surface area contributed by atoms with Gasteiger partial charge in [-0.3, -0.25) is 4.79 Å². The predicted molar refractivity (Wildman–Crippen MR) is 71.5 cm³/mol. The lowest BCUT2D eigenvalue weighted by molar-refractivity contribution is 0.0954. The van der Waals surface area contributed by atoms with Crippen LogP contribution in [0.5, 0.6) is 0 Å². The van der Waals surface area contributed by atoms with E-state index in [1.165, 1.54) is 23.3 Å². The highest BCUT2D eigenvalue weighted by atomic mass is 32.1. The first kappa shape index (κ1) is 12.6.